The highest BCUT2D eigenvalue weighted by molar-refractivity contribution is 7.99. The van der Waals surface area contributed by atoms with Crippen LogP contribution in [0.25, 0.3) is 11.4 Å². The smallest absolute Gasteiger partial charge is 0.252 e. The van der Waals surface area contributed by atoms with Gasteiger partial charge in [0.25, 0.3) is 5.91 Å². The lowest BCUT2D eigenvalue weighted by atomic mass is 10.2. The molecule has 31 heavy (non-hydrogen) atoms. The highest BCUT2D eigenvalue weighted by Crippen LogP contribution is 2.32. The Labute approximate surface area is 188 Å². The average molecular weight is 443 g/mol. The number of thiazole rings is 1. The lowest BCUT2D eigenvalue weighted by molar-refractivity contribution is 0.0951. The van der Waals surface area contributed by atoms with Crippen LogP contribution in [0.2, 0.25) is 0 Å². The van der Waals surface area contributed by atoms with E-state index in [0.717, 1.165) is 26.2 Å². The van der Waals surface area contributed by atoms with E-state index in [1.165, 1.54) is 11.8 Å². The van der Waals surface area contributed by atoms with Crippen molar-refractivity contribution in [2.24, 2.45) is 0 Å². The van der Waals surface area contributed by atoms with E-state index in [-0.39, 0.29) is 5.91 Å². The molecule has 0 radical (unpaired) electrons. The van der Waals surface area contributed by atoms with Crippen molar-refractivity contribution >= 4 is 29.0 Å². The maximum Gasteiger partial charge on any atom is 0.252 e. The first-order valence-corrected chi connectivity index (χ1v) is 11.3. The number of carbonyl (C=O) groups excluding carboxylic acids is 1. The molecule has 0 saturated carbocycles. The Kier molecular flexibility index (Phi) is 6.72. The van der Waals surface area contributed by atoms with Crippen molar-refractivity contribution in [1.29, 1.82) is 5.26 Å². The van der Waals surface area contributed by atoms with Gasteiger partial charge in [-0.2, -0.15) is 5.26 Å². The normalized spacial score (nSPS) is 10.4. The summed E-state index contributed by atoms with van der Waals surface area (Å²) in [4.78, 5) is 23.4. The van der Waals surface area contributed by atoms with E-state index >= 15 is 0 Å². The van der Waals surface area contributed by atoms with Crippen LogP contribution in [0.15, 0.2) is 88.1 Å². The summed E-state index contributed by atoms with van der Waals surface area (Å²) in [6, 6.07) is 22.8. The van der Waals surface area contributed by atoms with Crippen molar-refractivity contribution in [3.63, 3.8) is 0 Å². The second-order valence-electron chi connectivity index (χ2n) is 6.55. The minimum absolute atomic E-state index is 0.140. The third-order valence-electron chi connectivity index (χ3n) is 4.46. The van der Waals surface area contributed by atoms with Crippen molar-refractivity contribution in [1.82, 2.24) is 15.3 Å². The van der Waals surface area contributed by atoms with E-state index in [2.05, 4.69) is 21.4 Å². The summed E-state index contributed by atoms with van der Waals surface area (Å²) in [5.41, 5.74) is 2.88. The molecule has 1 N–H and O–H groups in total. The first-order valence-electron chi connectivity index (χ1n) is 9.64. The fourth-order valence-corrected chi connectivity index (χ4v) is 4.76. The number of aromatic nitrogens is 2. The summed E-state index contributed by atoms with van der Waals surface area (Å²) in [6.45, 7) is 0.488. The standard InChI is InChI=1S/C24H18N4OS2/c25-15-17-7-1-3-10-21(17)31-22-11-4-2-8-18(22)24(29)27-14-12-23-28-20(16-30-23)19-9-5-6-13-26-19/h1-11,13,16H,12,14H2,(H,27,29). The number of rotatable bonds is 7. The fraction of sp³-hybridized carbons (Fsp3) is 0.0833. The van der Waals surface area contributed by atoms with E-state index in [0.29, 0.717) is 24.1 Å². The monoisotopic (exact) mass is 442 g/mol. The topological polar surface area (TPSA) is 78.7 Å². The quantitative estimate of drug-likeness (QED) is 0.426. The van der Waals surface area contributed by atoms with Crippen LogP contribution in [0.4, 0.5) is 0 Å². The molecule has 0 aliphatic carbocycles. The van der Waals surface area contributed by atoms with Crippen LogP contribution >= 0.6 is 23.1 Å². The number of nitriles is 1. The Bertz CT molecular complexity index is 1230. The Morgan fingerprint density at radius 3 is 2.58 bits per heavy atom. The van der Waals surface area contributed by atoms with Gasteiger partial charge in [0.2, 0.25) is 0 Å². The number of hydrogen-bond acceptors (Lipinski definition) is 6. The van der Waals surface area contributed by atoms with Crippen molar-refractivity contribution in [3.05, 3.63) is 94.4 Å². The highest BCUT2D eigenvalue weighted by atomic mass is 32.2. The van der Waals surface area contributed by atoms with Crippen LogP contribution in [0.3, 0.4) is 0 Å². The molecule has 1 amide bonds. The van der Waals surface area contributed by atoms with Crippen LogP contribution in [0, 0.1) is 11.3 Å². The maximum atomic E-state index is 12.8. The zero-order chi connectivity index (χ0) is 21.5. The van der Waals surface area contributed by atoms with Crippen molar-refractivity contribution in [2.75, 3.05) is 6.54 Å². The summed E-state index contributed by atoms with van der Waals surface area (Å²) >= 11 is 2.99. The van der Waals surface area contributed by atoms with Gasteiger partial charge < -0.3 is 5.32 Å². The molecule has 0 aliphatic heterocycles. The Balaban J connectivity index is 1.40. The summed E-state index contributed by atoms with van der Waals surface area (Å²) in [6.07, 6.45) is 2.40. The Hall–Kier alpha value is -3.47. The molecule has 2 aromatic carbocycles. The summed E-state index contributed by atoms with van der Waals surface area (Å²) < 4.78 is 0. The van der Waals surface area contributed by atoms with Gasteiger partial charge in [0.05, 0.1) is 27.5 Å². The van der Waals surface area contributed by atoms with Crippen molar-refractivity contribution in [2.45, 2.75) is 16.2 Å². The molecule has 0 bridgehead atoms. The van der Waals surface area contributed by atoms with Gasteiger partial charge in [-0.25, -0.2) is 4.98 Å². The van der Waals surface area contributed by atoms with Crippen LogP contribution in [-0.4, -0.2) is 22.4 Å². The molecule has 0 unspecified atom stereocenters. The predicted octanol–water partition coefficient (Wildman–Crippen LogP) is 5.20. The third-order valence-corrected chi connectivity index (χ3v) is 6.52. The number of amides is 1. The fourth-order valence-electron chi connectivity index (χ4n) is 2.95. The minimum atomic E-state index is -0.140. The van der Waals surface area contributed by atoms with Gasteiger partial charge in [-0.3, -0.25) is 9.78 Å². The zero-order valence-corrected chi connectivity index (χ0v) is 18.1. The van der Waals surface area contributed by atoms with Crippen molar-refractivity contribution < 1.29 is 4.79 Å². The number of carbonyl (C=O) groups is 1. The molecule has 0 saturated heterocycles. The van der Waals surface area contributed by atoms with Gasteiger partial charge >= 0.3 is 0 Å². The Morgan fingerprint density at radius 2 is 1.77 bits per heavy atom. The number of hydrogen-bond donors (Lipinski definition) is 1. The summed E-state index contributed by atoms with van der Waals surface area (Å²) in [7, 11) is 0. The zero-order valence-electron chi connectivity index (χ0n) is 16.5. The number of nitrogens with one attached hydrogen (secondary N) is 1. The maximum absolute atomic E-state index is 12.8. The van der Waals surface area contributed by atoms with E-state index in [1.807, 2.05) is 60.0 Å². The molecule has 5 nitrogen and oxygen atoms in total. The SMILES string of the molecule is N#Cc1ccccc1Sc1ccccc1C(=O)NCCc1nc(-c2ccccn2)cs1. The number of benzene rings is 2. The second-order valence-corrected chi connectivity index (χ2v) is 8.58. The molecule has 0 aliphatic rings. The molecular weight excluding hydrogens is 424 g/mol. The van der Waals surface area contributed by atoms with Crippen molar-refractivity contribution in [3.8, 4) is 17.5 Å². The lowest BCUT2D eigenvalue weighted by Crippen LogP contribution is -2.26. The lowest BCUT2D eigenvalue weighted by Gasteiger charge is -2.10. The second kappa shape index (κ2) is 10.0. The van der Waals surface area contributed by atoms with E-state index in [9.17, 15) is 10.1 Å². The van der Waals surface area contributed by atoms with Crippen LogP contribution < -0.4 is 5.32 Å². The first kappa shape index (κ1) is 20.8. The van der Waals surface area contributed by atoms with Gasteiger partial charge in [-0.1, -0.05) is 42.1 Å². The van der Waals surface area contributed by atoms with Crippen LogP contribution in [0.1, 0.15) is 20.9 Å². The largest absolute Gasteiger partial charge is 0.352 e. The minimum Gasteiger partial charge on any atom is -0.352 e. The average Bonchev–Trinajstić information content (AvgIpc) is 3.29. The molecule has 0 spiro atoms. The van der Waals surface area contributed by atoms with Crippen LogP contribution in [-0.2, 0) is 6.42 Å². The van der Waals surface area contributed by atoms with E-state index < -0.39 is 0 Å². The van der Waals surface area contributed by atoms with E-state index in [4.69, 9.17) is 0 Å². The molecule has 4 rings (SSSR count). The van der Waals surface area contributed by atoms with Gasteiger partial charge in [0.1, 0.15) is 6.07 Å². The third kappa shape index (κ3) is 5.18. The molecule has 0 fully saturated rings. The molecule has 4 aromatic rings. The summed E-state index contributed by atoms with van der Waals surface area (Å²) in [5, 5.41) is 15.2. The number of nitrogens with zero attached hydrogens (tertiary/aromatic N) is 3. The van der Waals surface area contributed by atoms with Gasteiger partial charge in [-0.05, 0) is 36.4 Å². The summed E-state index contributed by atoms with van der Waals surface area (Å²) in [5.74, 6) is -0.140. The molecule has 7 heteroatoms. The van der Waals surface area contributed by atoms with Gasteiger partial charge in [-0.15, -0.1) is 11.3 Å². The first-order chi connectivity index (χ1) is 15.2. The van der Waals surface area contributed by atoms with Gasteiger partial charge in [0, 0.05) is 34.3 Å². The Morgan fingerprint density at radius 1 is 1.00 bits per heavy atom. The number of pyridine rings is 1. The molecule has 0 atom stereocenters. The van der Waals surface area contributed by atoms with E-state index in [1.54, 1.807) is 29.7 Å². The van der Waals surface area contributed by atoms with Crippen LogP contribution in [0.5, 0.6) is 0 Å². The molecular formula is C24H18N4OS2. The molecule has 2 heterocycles. The van der Waals surface area contributed by atoms with Gasteiger partial charge in [0.15, 0.2) is 0 Å². The molecule has 152 valence electrons. The predicted molar refractivity (Wildman–Crippen MR) is 123 cm³/mol. The molecule has 2 aromatic heterocycles. The highest BCUT2D eigenvalue weighted by Gasteiger charge is 2.14.